The molecule has 0 atom stereocenters. The summed E-state index contributed by atoms with van der Waals surface area (Å²) < 4.78 is 31.4. The van der Waals surface area contributed by atoms with E-state index in [4.69, 9.17) is 14.2 Å². The van der Waals surface area contributed by atoms with Crippen LogP contribution in [-0.4, -0.2) is 35.3 Å². The molecular formula is C26H17Br2FN2O6S. The Balaban J connectivity index is 1.25. The molecule has 0 spiro atoms. The van der Waals surface area contributed by atoms with E-state index >= 15 is 0 Å². The SMILES string of the molecule is O=C(CN1C(=O)S/C(=C/c2cc(Br)c(OCc3ccccc3F)c(Br)c2)C1=O)Nc1ccc2c(c1)OCO2. The minimum absolute atomic E-state index is 0.0242. The van der Waals surface area contributed by atoms with Gasteiger partial charge in [0.15, 0.2) is 11.5 Å². The molecule has 0 unspecified atom stereocenters. The van der Waals surface area contributed by atoms with Crippen molar-refractivity contribution in [2.24, 2.45) is 0 Å². The first-order chi connectivity index (χ1) is 18.3. The Morgan fingerprint density at radius 2 is 1.82 bits per heavy atom. The molecule has 194 valence electrons. The zero-order valence-corrected chi connectivity index (χ0v) is 23.3. The third-order valence-electron chi connectivity index (χ3n) is 5.48. The Hall–Kier alpha value is -3.35. The molecule has 2 aliphatic rings. The number of hydrogen-bond acceptors (Lipinski definition) is 7. The summed E-state index contributed by atoms with van der Waals surface area (Å²) in [5.41, 5.74) is 1.47. The van der Waals surface area contributed by atoms with Gasteiger partial charge < -0.3 is 19.5 Å². The highest BCUT2D eigenvalue weighted by Gasteiger charge is 2.36. The van der Waals surface area contributed by atoms with Crippen molar-refractivity contribution in [3.05, 3.63) is 85.4 Å². The number of carbonyl (C=O) groups excluding carboxylic acids is 3. The lowest BCUT2D eigenvalue weighted by Gasteiger charge is -2.13. The van der Waals surface area contributed by atoms with Crippen molar-refractivity contribution in [1.82, 2.24) is 4.90 Å². The summed E-state index contributed by atoms with van der Waals surface area (Å²) in [4.78, 5) is 39.0. The van der Waals surface area contributed by atoms with E-state index in [0.29, 0.717) is 43.0 Å². The molecule has 3 aromatic carbocycles. The van der Waals surface area contributed by atoms with Crippen molar-refractivity contribution in [2.45, 2.75) is 6.61 Å². The lowest BCUT2D eigenvalue weighted by Crippen LogP contribution is -2.36. The highest BCUT2D eigenvalue weighted by molar-refractivity contribution is 9.11. The van der Waals surface area contributed by atoms with E-state index in [9.17, 15) is 18.8 Å². The number of hydrogen-bond donors (Lipinski definition) is 1. The number of fused-ring (bicyclic) bond motifs is 1. The van der Waals surface area contributed by atoms with Crippen LogP contribution in [0.15, 0.2) is 68.4 Å². The van der Waals surface area contributed by atoms with Crippen molar-refractivity contribution < 1.29 is 33.0 Å². The molecule has 0 saturated carbocycles. The molecule has 2 heterocycles. The standard InChI is InChI=1S/C26H17Br2FN2O6S/c27-17-7-14(8-18(28)24(17)35-12-15-3-1-2-4-19(15)29)9-22-25(33)31(26(34)38-22)11-23(32)30-16-5-6-20-21(10-16)37-13-36-20/h1-10H,11-13H2,(H,30,32)/b22-9+. The quantitative estimate of drug-likeness (QED) is 0.295. The molecular weight excluding hydrogens is 647 g/mol. The lowest BCUT2D eigenvalue weighted by molar-refractivity contribution is -0.127. The zero-order chi connectivity index (χ0) is 26.8. The van der Waals surface area contributed by atoms with E-state index in [2.05, 4.69) is 37.2 Å². The molecule has 1 fully saturated rings. The van der Waals surface area contributed by atoms with Crippen LogP contribution in [-0.2, 0) is 16.2 Å². The van der Waals surface area contributed by atoms with Gasteiger partial charge in [-0.3, -0.25) is 19.3 Å². The van der Waals surface area contributed by atoms with Crippen LogP contribution in [0.1, 0.15) is 11.1 Å². The van der Waals surface area contributed by atoms with Crippen LogP contribution in [0.3, 0.4) is 0 Å². The fraction of sp³-hybridized carbons (Fsp3) is 0.115. The number of imide groups is 1. The summed E-state index contributed by atoms with van der Waals surface area (Å²) in [6.45, 7) is -0.310. The molecule has 0 bridgehead atoms. The summed E-state index contributed by atoms with van der Waals surface area (Å²) in [5, 5.41) is 2.10. The van der Waals surface area contributed by atoms with Crippen molar-refractivity contribution in [3.8, 4) is 17.2 Å². The van der Waals surface area contributed by atoms with Gasteiger partial charge in [0.25, 0.3) is 11.1 Å². The van der Waals surface area contributed by atoms with E-state index in [1.807, 2.05) is 0 Å². The maximum Gasteiger partial charge on any atom is 0.294 e. The first-order valence-electron chi connectivity index (χ1n) is 11.1. The molecule has 1 N–H and O–H groups in total. The van der Waals surface area contributed by atoms with E-state index in [-0.39, 0.29) is 24.1 Å². The van der Waals surface area contributed by atoms with Crippen LogP contribution in [0.2, 0.25) is 0 Å². The molecule has 5 rings (SSSR count). The van der Waals surface area contributed by atoms with Gasteiger partial charge in [0.1, 0.15) is 24.7 Å². The number of thioether (sulfide) groups is 1. The Morgan fingerprint density at radius 3 is 2.58 bits per heavy atom. The number of carbonyl (C=O) groups is 3. The fourth-order valence-corrected chi connectivity index (χ4v) is 5.96. The number of nitrogens with zero attached hydrogens (tertiary/aromatic N) is 1. The van der Waals surface area contributed by atoms with E-state index in [0.717, 1.165) is 16.7 Å². The number of amides is 3. The second kappa shape index (κ2) is 11.2. The number of anilines is 1. The van der Waals surface area contributed by atoms with Gasteiger partial charge in [-0.2, -0.15) is 0 Å². The van der Waals surface area contributed by atoms with Crippen LogP contribution in [0.4, 0.5) is 14.9 Å². The third-order valence-corrected chi connectivity index (χ3v) is 7.57. The predicted molar refractivity (Wildman–Crippen MR) is 146 cm³/mol. The summed E-state index contributed by atoms with van der Waals surface area (Å²) in [5.74, 6) is 0.0532. The maximum atomic E-state index is 13.9. The summed E-state index contributed by atoms with van der Waals surface area (Å²) in [7, 11) is 0. The number of rotatable bonds is 7. The molecule has 1 saturated heterocycles. The Morgan fingerprint density at radius 1 is 1.08 bits per heavy atom. The number of ether oxygens (including phenoxy) is 3. The first-order valence-corrected chi connectivity index (χ1v) is 13.5. The van der Waals surface area contributed by atoms with Crippen LogP contribution in [0.25, 0.3) is 6.08 Å². The predicted octanol–water partition coefficient (Wildman–Crippen LogP) is 6.33. The van der Waals surface area contributed by atoms with E-state index in [1.54, 1.807) is 54.6 Å². The molecule has 3 amide bonds. The van der Waals surface area contributed by atoms with Crippen LogP contribution >= 0.6 is 43.6 Å². The Labute approximate surface area is 237 Å². The van der Waals surface area contributed by atoms with Gasteiger partial charge in [0, 0.05) is 17.3 Å². The molecule has 8 nitrogen and oxygen atoms in total. The van der Waals surface area contributed by atoms with Gasteiger partial charge >= 0.3 is 0 Å². The largest absolute Gasteiger partial charge is 0.486 e. The lowest BCUT2D eigenvalue weighted by atomic mass is 10.2. The van der Waals surface area contributed by atoms with E-state index < -0.39 is 23.6 Å². The number of nitrogens with one attached hydrogen (secondary N) is 1. The average Bonchev–Trinajstić information content (AvgIpc) is 3.44. The second-order valence-electron chi connectivity index (χ2n) is 8.08. The van der Waals surface area contributed by atoms with Crippen LogP contribution in [0.5, 0.6) is 17.2 Å². The third kappa shape index (κ3) is 5.71. The molecule has 38 heavy (non-hydrogen) atoms. The average molecular weight is 664 g/mol. The molecule has 0 aliphatic carbocycles. The Bertz CT molecular complexity index is 1480. The summed E-state index contributed by atoms with van der Waals surface area (Å²) >= 11 is 7.63. The topological polar surface area (TPSA) is 94.2 Å². The molecule has 12 heteroatoms. The smallest absolute Gasteiger partial charge is 0.294 e. The minimum atomic E-state index is -0.576. The summed E-state index contributed by atoms with van der Waals surface area (Å²) in [6.07, 6.45) is 1.55. The molecule has 0 radical (unpaired) electrons. The van der Waals surface area contributed by atoms with Crippen LogP contribution < -0.4 is 19.5 Å². The fourth-order valence-electron chi connectivity index (χ4n) is 3.67. The maximum absolute atomic E-state index is 13.9. The number of halogens is 3. The van der Waals surface area contributed by atoms with Crippen molar-refractivity contribution >= 4 is 72.4 Å². The molecule has 3 aromatic rings. The van der Waals surface area contributed by atoms with Crippen LogP contribution in [0, 0.1) is 5.82 Å². The highest BCUT2D eigenvalue weighted by atomic mass is 79.9. The monoisotopic (exact) mass is 662 g/mol. The van der Waals surface area contributed by atoms with Gasteiger partial charge in [0.05, 0.1) is 13.9 Å². The van der Waals surface area contributed by atoms with Gasteiger partial charge in [-0.1, -0.05) is 18.2 Å². The highest BCUT2D eigenvalue weighted by Crippen LogP contribution is 2.38. The molecule has 2 aliphatic heterocycles. The first kappa shape index (κ1) is 26.3. The van der Waals surface area contributed by atoms with E-state index in [1.165, 1.54) is 6.07 Å². The van der Waals surface area contributed by atoms with Crippen molar-refractivity contribution in [1.29, 1.82) is 0 Å². The Kier molecular flexibility index (Phi) is 7.73. The minimum Gasteiger partial charge on any atom is -0.486 e. The normalized spacial score (nSPS) is 15.3. The second-order valence-corrected chi connectivity index (χ2v) is 10.8. The molecule has 0 aromatic heterocycles. The number of benzene rings is 3. The zero-order valence-electron chi connectivity index (χ0n) is 19.3. The van der Waals surface area contributed by atoms with Gasteiger partial charge in [0.2, 0.25) is 12.7 Å². The van der Waals surface area contributed by atoms with Crippen molar-refractivity contribution in [3.63, 3.8) is 0 Å². The van der Waals surface area contributed by atoms with Crippen molar-refractivity contribution in [2.75, 3.05) is 18.7 Å². The van der Waals surface area contributed by atoms with Gasteiger partial charge in [-0.25, -0.2) is 4.39 Å². The summed E-state index contributed by atoms with van der Waals surface area (Å²) in [6, 6.07) is 14.6. The van der Waals surface area contributed by atoms with Gasteiger partial charge in [-0.05, 0) is 85.6 Å². The van der Waals surface area contributed by atoms with Gasteiger partial charge in [-0.15, -0.1) is 0 Å².